The Morgan fingerprint density at radius 1 is 1.50 bits per heavy atom. The Balaban J connectivity index is 2.74. The highest BCUT2D eigenvalue weighted by Gasteiger charge is 2.53. The second-order valence-corrected chi connectivity index (χ2v) is 4.58. The lowest BCUT2D eigenvalue weighted by Gasteiger charge is -2.30. The van der Waals surface area contributed by atoms with Gasteiger partial charge in [-0.15, -0.1) is 0 Å². The molecule has 2 N–H and O–H groups in total. The molecule has 1 fully saturated rings. The number of carboxylic acids is 1. The molecule has 0 amide bonds. The standard InChI is InChI=1S/C9H16O3/c1-8(2,7(11)12)6(10)9(3)4-5-9/h6,10H,4-5H2,1-3H3,(H,11,12). The second kappa shape index (κ2) is 2.46. The third kappa shape index (κ3) is 1.33. The van der Waals surface area contributed by atoms with E-state index in [1.165, 1.54) is 0 Å². The number of aliphatic hydroxyl groups excluding tert-OH is 1. The topological polar surface area (TPSA) is 57.5 Å². The van der Waals surface area contributed by atoms with E-state index in [0.29, 0.717) is 0 Å². The van der Waals surface area contributed by atoms with E-state index in [-0.39, 0.29) is 5.41 Å². The molecule has 1 saturated carbocycles. The average Bonchev–Trinajstić information content (AvgIpc) is 2.67. The van der Waals surface area contributed by atoms with Gasteiger partial charge in [-0.1, -0.05) is 6.92 Å². The largest absolute Gasteiger partial charge is 0.481 e. The fourth-order valence-electron chi connectivity index (χ4n) is 1.46. The molecule has 0 bridgehead atoms. The fraction of sp³-hybridized carbons (Fsp3) is 0.889. The van der Waals surface area contributed by atoms with Crippen molar-refractivity contribution in [1.82, 2.24) is 0 Å². The maximum atomic E-state index is 10.8. The van der Waals surface area contributed by atoms with Crippen LogP contribution in [0.3, 0.4) is 0 Å². The number of rotatable bonds is 3. The van der Waals surface area contributed by atoms with Crippen LogP contribution >= 0.6 is 0 Å². The third-order valence-electron chi connectivity index (χ3n) is 2.93. The van der Waals surface area contributed by atoms with Gasteiger partial charge in [0, 0.05) is 0 Å². The molecule has 1 aliphatic carbocycles. The zero-order valence-corrected chi connectivity index (χ0v) is 7.79. The van der Waals surface area contributed by atoms with E-state index in [9.17, 15) is 9.90 Å². The zero-order valence-electron chi connectivity index (χ0n) is 7.79. The maximum Gasteiger partial charge on any atom is 0.311 e. The van der Waals surface area contributed by atoms with E-state index in [4.69, 9.17) is 5.11 Å². The van der Waals surface area contributed by atoms with Crippen molar-refractivity contribution in [2.45, 2.75) is 39.7 Å². The molecule has 0 radical (unpaired) electrons. The van der Waals surface area contributed by atoms with Gasteiger partial charge in [0.1, 0.15) is 0 Å². The number of hydrogen-bond donors (Lipinski definition) is 2. The Bertz CT molecular complexity index is 204. The van der Waals surface area contributed by atoms with Crippen LogP contribution in [0.4, 0.5) is 0 Å². The monoisotopic (exact) mass is 172 g/mol. The molecule has 0 saturated heterocycles. The third-order valence-corrected chi connectivity index (χ3v) is 2.93. The van der Waals surface area contributed by atoms with E-state index in [1.54, 1.807) is 13.8 Å². The lowest BCUT2D eigenvalue weighted by Crippen LogP contribution is -2.42. The highest BCUT2D eigenvalue weighted by Crippen LogP contribution is 2.52. The first-order chi connectivity index (χ1) is 5.31. The van der Waals surface area contributed by atoms with Gasteiger partial charge in [-0.25, -0.2) is 0 Å². The van der Waals surface area contributed by atoms with Crippen molar-refractivity contribution in [2.24, 2.45) is 10.8 Å². The Kier molecular flexibility index (Phi) is 1.95. The van der Waals surface area contributed by atoms with Crippen molar-refractivity contribution in [3.8, 4) is 0 Å². The molecule has 0 heterocycles. The van der Waals surface area contributed by atoms with E-state index < -0.39 is 17.5 Å². The summed E-state index contributed by atoms with van der Waals surface area (Å²) in [4.78, 5) is 10.8. The summed E-state index contributed by atoms with van der Waals surface area (Å²) in [6.07, 6.45) is 1.14. The molecule has 3 heteroatoms. The quantitative estimate of drug-likeness (QED) is 0.673. The van der Waals surface area contributed by atoms with Gasteiger partial charge in [0.15, 0.2) is 0 Å². The normalized spacial score (nSPS) is 23.3. The Morgan fingerprint density at radius 2 is 1.92 bits per heavy atom. The van der Waals surface area contributed by atoms with Crippen LogP contribution in [0.5, 0.6) is 0 Å². The van der Waals surface area contributed by atoms with Crippen molar-refractivity contribution in [3.63, 3.8) is 0 Å². The predicted molar refractivity (Wildman–Crippen MR) is 44.8 cm³/mol. The summed E-state index contributed by atoms with van der Waals surface area (Å²) in [6, 6.07) is 0. The summed E-state index contributed by atoms with van der Waals surface area (Å²) in [5, 5.41) is 18.6. The van der Waals surface area contributed by atoms with Crippen LogP contribution in [0, 0.1) is 10.8 Å². The van der Waals surface area contributed by atoms with Gasteiger partial charge in [-0.05, 0) is 32.1 Å². The van der Waals surface area contributed by atoms with Gasteiger partial charge in [0.2, 0.25) is 0 Å². The van der Waals surface area contributed by atoms with Crippen LogP contribution in [0.15, 0.2) is 0 Å². The molecule has 0 aliphatic heterocycles. The smallest absolute Gasteiger partial charge is 0.311 e. The molecule has 1 rings (SSSR count). The van der Waals surface area contributed by atoms with Crippen molar-refractivity contribution in [3.05, 3.63) is 0 Å². The summed E-state index contributed by atoms with van der Waals surface area (Å²) in [5.41, 5.74) is -1.17. The summed E-state index contributed by atoms with van der Waals surface area (Å²) < 4.78 is 0. The first-order valence-electron chi connectivity index (χ1n) is 4.22. The van der Waals surface area contributed by atoms with E-state index in [0.717, 1.165) is 12.8 Å². The average molecular weight is 172 g/mol. The first kappa shape index (κ1) is 9.52. The summed E-state index contributed by atoms with van der Waals surface area (Å²) in [7, 11) is 0. The molecular weight excluding hydrogens is 156 g/mol. The molecule has 1 aliphatic rings. The van der Waals surface area contributed by atoms with Crippen LogP contribution in [-0.4, -0.2) is 22.3 Å². The molecule has 0 spiro atoms. The van der Waals surface area contributed by atoms with Gasteiger partial charge >= 0.3 is 5.97 Å². The number of hydrogen-bond acceptors (Lipinski definition) is 2. The number of carboxylic acid groups (broad SMARTS) is 1. The summed E-state index contributed by atoms with van der Waals surface area (Å²) in [6.45, 7) is 5.08. The Morgan fingerprint density at radius 3 is 2.17 bits per heavy atom. The highest BCUT2D eigenvalue weighted by molar-refractivity contribution is 5.74. The van der Waals surface area contributed by atoms with Crippen molar-refractivity contribution >= 4 is 5.97 Å². The summed E-state index contributed by atoms with van der Waals surface area (Å²) >= 11 is 0. The number of aliphatic carboxylic acids is 1. The minimum absolute atomic E-state index is 0.151. The van der Waals surface area contributed by atoms with Crippen molar-refractivity contribution < 1.29 is 15.0 Å². The molecule has 3 nitrogen and oxygen atoms in total. The minimum atomic E-state index is -1.02. The van der Waals surface area contributed by atoms with E-state index in [2.05, 4.69) is 0 Å². The molecule has 0 aromatic heterocycles. The van der Waals surface area contributed by atoms with Gasteiger partial charge in [-0.3, -0.25) is 4.79 Å². The summed E-state index contributed by atoms with van der Waals surface area (Å²) in [5.74, 6) is -0.928. The van der Waals surface area contributed by atoms with Gasteiger partial charge in [-0.2, -0.15) is 0 Å². The van der Waals surface area contributed by atoms with Crippen LogP contribution in [0.25, 0.3) is 0 Å². The van der Waals surface area contributed by atoms with E-state index >= 15 is 0 Å². The van der Waals surface area contributed by atoms with Crippen molar-refractivity contribution in [1.29, 1.82) is 0 Å². The predicted octanol–water partition coefficient (Wildman–Crippen LogP) is 1.26. The number of aliphatic hydroxyl groups is 1. The minimum Gasteiger partial charge on any atom is -0.481 e. The van der Waals surface area contributed by atoms with E-state index in [1.807, 2.05) is 6.92 Å². The van der Waals surface area contributed by atoms with Crippen LogP contribution in [0.2, 0.25) is 0 Å². The molecule has 12 heavy (non-hydrogen) atoms. The van der Waals surface area contributed by atoms with Gasteiger partial charge < -0.3 is 10.2 Å². The van der Waals surface area contributed by atoms with Crippen LogP contribution < -0.4 is 0 Å². The van der Waals surface area contributed by atoms with Crippen molar-refractivity contribution in [2.75, 3.05) is 0 Å². The Hall–Kier alpha value is -0.570. The Labute approximate surface area is 72.4 Å². The number of carbonyl (C=O) groups is 1. The molecule has 0 aromatic rings. The highest BCUT2D eigenvalue weighted by atomic mass is 16.4. The van der Waals surface area contributed by atoms with Gasteiger partial charge in [0.25, 0.3) is 0 Å². The molecule has 70 valence electrons. The first-order valence-corrected chi connectivity index (χ1v) is 4.22. The lowest BCUT2D eigenvalue weighted by molar-refractivity contribution is -0.156. The molecular formula is C9H16O3. The fourth-order valence-corrected chi connectivity index (χ4v) is 1.46. The molecule has 0 aromatic carbocycles. The molecule has 1 unspecified atom stereocenters. The van der Waals surface area contributed by atoms with Gasteiger partial charge in [0.05, 0.1) is 11.5 Å². The maximum absolute atomic E-state index is 10.8. The molecule has 1 atom stereocenters. The van der Waals surface area contributed by atoms with Crippen LogP contribution in [0.1, 0.15) is 33.6 Å². The lowest BCUT2D eigenvalue weighted by atomic mass is 9.78. The SMILES string of the molecule is CC1(C(O)C(C)(C)C(=O)O)CC1. The van der Waals surface area contributed by atoms with Crippen LogP contribution in [-0.2, 0) is 4.79 Å². The zero-order chi connectivity index (χ0) is 9.57. The second-order valence-electron chi connectivity index (χ2n) is 4.58.